The molecule has 0 N–H and O–H groups in total. The number of fused-ring (bicyclic) bond motifs is 1. The number of hydrogen-bond donors (Lipinski definition) is 0. The molecule has 0 bridgehead atoms. The molecule has 0 aromatic heterocycles. The van der Waals surface area contributed by atoms with Gasteiger partial charge in [0, 0.05) is 0 Å². The topological polar surface area (TPSA) is 17.1 Å². The molecule has 0 aliphatic carbocycles. The largest absolute Gasteiger partial charge is 0.303 e. The maximum Gasteiger partial charge on any atom is 0.128 e. The second kappa shape index (κ2) is 3.40. The van der Waals surface area contributed by atoms with E-state index < -0.39 is 0 Å². The highest BCUT2D eigenvalue weighted by atomic mass is 16.1. The minimum Gasteiger partial charge on any atom is -0.303 e. The molecule has 0 aliphatic heterocycles. The van der Waals surface area contributed by atoms with E-state index in [2.05, 4.69) is 0 Å². The predicted molar refractivity (Wildman–Crippen MR) is 53.4 cm³/mol. The summed E-state index contributed by atoms with van der Waals surface area (Å²) in [5.41, 5.74) is 0.980. The summed E-state index contributed by atoms with van der Waals surface area (Å²) in [5, 5.41) is 2.29. The van der Waals surface area contributed by atoms with Crippen molar-refractivity contribution in [2.24, 2.45) is 0 Å². The molecule has 13 heavy (non-hydrogen) atoms. The van der Waals surface area contributed by atoms with Gasteiger partial charge in [0.2, 0.25) is 0 Å². The number of rotatable bonds is 2. The van der Waals surface area contributed by atoms with Crippen molar-refractivity contribution in [3.63, 3.8) is 0 Å². The average molecular weight is 169 g/mol. The number of carbonyl (C=O) groups is 1. The van der Waals surface area contributed by atoms with Crippen molar-refractivity contribution in [1.29, 1.82) is 0 Å². The lowest BCUT2D eigenvalue weighted by atomic mass is 10.0. The lowest BCUT2D eigenvalue weighted by Gasteiger charge is -2.01. The van der Waals surface area contributed by atoms with E-state index in [9.17, 15) is 4.79 Å². The Hall–Kier alpha value is -1.63. The first-order chi connectivity index (χ1) is 6.42. The maximum atomic E-state index is 10.4. The molecular formula is C12H9O. The van der Waals surface area contributed by atoms with E-state index in [0.717, 1.165) is 22.6 Å². The van der Waals surface area contributed by atoms with Gasteiger partial charge in [-0.25, -0.2) is 0 Å². The van der Waals surface area contributed by atoms with Crippen LogP contribution in [0, 0.1) is 6.42 Å². The standard InChI is InChI=1S/C12H9O/c13-9-8-11-6-3-5-10-4-1-2-7-12(10)11/h1-9H. The van der Waals surface area contributed by atoms with Crippen molar-refractivity contribution >= 4 is 17.1 Å². The molecule has 63 valence electrons. The molecule has 2 aromatic rings. The van der Waals surface area contributed by atoms with Crippen molar-refractivity contribution in [3.05, 3.63) is 54.4 Å². The Bertz CT molecular complexity index is 427. The van der Waals surface area contributed by atoms with Crippen LogP contribution in [0.2, 0.25) is 0 Å². The molecule has 0 aliphatic rings. The van der Waals surface area contributed by atoms with Gasteiger partial charge in [-0.05, 0) is 16.3 Å². The van der Waals surface area contributed by atoms with Gasteiger partial charge in [-0.15, -0.1) is 0 Å². The first-order valence-electron chi connectivity index (χ1n) is 4.18. The Morgan fingerprint density at radius 3 is 2.54 bits per heavy atom. The van der Waals surface area contributed by atoms with Crippen LogP contribution in [0.4, 0.5) is 0 Å². The molecule has 0 heterocycles. The van der Waals surface area contributed by atoms with Gasteiger partial charge in [-0.1, -0.05) is 42.5 Å². The zero-order chi connectivity index (χ0) is 9.10. The normalized spacial score (nSPS) is 10.2. The summed E-state index contributed by atoms with van der Waals surface area (Å²) in [6, 6.07) is 14.0. The van der Waals surface area contributed by atoms with Crippen molar-refractivity contribution in [3.8, 4) is 0 Å². The summed E-state index contributed by atoms with van der Waals surface area (Å²) in [5.74, 6) is 0. The van der Waals surface area contributed by atoms with Crippen LogP contribution in [0.3, 0.4) is 0 Å². The van der Waals surface area contributed by atoms with Gasteiger partial charge in [0.1, 0.15) is 6.29 Å². The third kappa shape index (κ3) is 1.45. The molecule has 0 saturated heterocycles. The van der Waals surface area contributed by atoms with E-state index in [4.69, 9.17) is 0 Å². The van der Waals surface area contributed by atoms with Crippen LogP contribution in [-0.2, 0) is 4.79 Å². The molecule has 2 aromatic carbocycles. The summed E-state index contributed by atoms with van der Waals surface area (Å²) in [6.07, 6.45) is 2.41. The van der Waals surface area contributed by atoms with E-state index in [0.29, 0.717) is 0 Å². The Kier molecular flexibility index (Phi) is 2.09. The van der Waals surface area contributed by atoms with Gasteiger partial charge in [0.25, 0.3) is 0 Å². The first-order valence-corrected chi connectivity index (χ1v) is 4.18. The molecule has 0 spiro atoms. The Morgan fingerprint density at radius 2 is 1.69 bits per heavy atom. The molecule has 0 fully saturated rings. The first kappa shape index (κ1) is 7.99. The number of aldehydes is 1. The Balaban J connectivity index is 2.68. The Labute approximate surface area is 77.0 Å². The van der Waals surface area contributed by atoms with Crippen LogP contribution >= 0.6 is 0 Å². The smallest absolute Gasteiger partial charge is 0.128 e. The fourth-order valence-corrected chi connectivity index (χ4v) is 1.47. The summed E-state index contributed by atoms with van der Waals surface area (Å²) >= 11 is 0. The van der Waals surface area contributed by atoms with Crippen molar-refractivity contribution in [2.45, 2.75) is 0 Å². The number of hydrogen-bond acceptors (Lipinski definition) is 1. The van der Waals surface area contributed by atoms with E-state index in [1.165, 1.54) is 0 Å². The molecule has 1 heteroatoms. The number of benzene rings is 2. The molecule has 1 radical (unpaired) electrons. The zero-order valence-corrected chi connectivity index (χ0v) is 7.10. The third-order valence-corrected chi connectivity index (χ3v) is 2.07. The molecule has 0 amide bonds. The van der Waals surface area contributed by atoms with E-state index in [-0.39, 0.29) is 0 Å². The van der Waals surface area contributed by atoms with Gasteiger partial charge < -0.3 is 4.79 Å². The van der Waals surface area contributed by atoms with Crippen molar-refractivity contribution in [1.82, 2.24) is 0 Å². The minimum absolute atomic E-state index is 0.821. The quantitative estimate of drug-likeness (QED) is 0.631. The van der Waals surface area contributed by atoms with Gasteiger partial charge in [0.05, 0.1) is 6.42 Å². The molecular weight excluding hydrogens is 160 g/mol. The average Bonchev–Trinajstić information content (AvgIpc) is 2.19. The highest BCUT2D eigenvalue weighted by molar-refractivity contribution is 5.90. The van der Waals surface area contributed by atoms with Gasteiger partial charge in [-0.3, -0.25) is 0 Å². The zero-order valence-electron chi connectivity index (χ0n) is 7.10. The van der Waals surface area contributed by atoms with Gasteiger partial charge in [-0.2, -0.15) is 0 Å². The SMILES string of the molecule is O=C[CH]c1cccc2ccccc12. The van der Waals surface area contributed by atoms with E-state index in [1.54, 1.807) is 6.42 Å². The number of carbonyl (C=O) groups excluding carboxylic acids is 1. The highest BCUT2D eigenvalue weighted by Crippen LogP contribution is 2.18. The van der Waals surface area contributed by atoms with Gasteiger partial charge >= 0.3 is 0 Å². The van der Waals surface area contributed by atoms with Crippen LogP contribution in [0.5, 0.6) is 0 Å². The molecule has 0 saturated carbocycles. The van der Waals surface area contributed by atoms with E-state index >= 15 is 0 Å². The van der Waals surface area contributed by atoms with Crippen LogP contribution < -0.4 is 0 Å². The van der Waals surface area contributed by atoms with Crippen LogP contribution in [0.1, 0.15) is 5.56 Å². The predicted octanol–water partition coefficient (Wildman–Crippen LogP) is 2.59. The molecule has 1 nitrogen and oxygen atoms in total. The molecule has 2 rings (SSSR count). The molecule has 0 atom stereocenters. The summed E-state index contributed by atoms with van der Waals surface area (Å²) < 4.78 is 0. The van der Waals surface area contributed by atoms with Crippen LogP contribution in [0.25, 0.3) is 10.8 Å². The van der Waals surface area contributed by atoms with Crippen molar-refractivity contribution in [2.75, 3.05) is 0 Å². The second-order valence-corrected chi connectivity index (χ2v) is 2.87. The van der Waals surface area contributed by atoms with Crippen LogP contribution in [-0.4, -0.2) is 6.29 Å². The second-order valence-electron chi connectivity index (χ2n) is 2.87. The highest BCUT2D eigenvalue weighted by Gasteiger charge is 1.98. The minimum atomic E-state index is 0.821. The van der Waals surface area contributed by atoms with Crippen molar-refractivity contribution < 1.29 is 4.79 Å². The summed E-state index contributed by atoms with van der Waals surface area (Å²) in [4.78, 5) is 10.4. The Morgan fingerprint density at radius 1 is 0.923 bits per heavy atom. The summed E-state index contributed by atoms with van der Waals surface area (Å²) in [6.45, 7) is 0. The van der Waals surface area contributed by atoms with E-state index in [1.807, 2.05) is 42.5 Å². The monoisotopic (exact) mass is 169 g/mol. The lowest BCUT2D eigenvalue weighted by Crippen LogP contribution is -1.84. The third-order valence-electron chi connectivity index (χ3n) is 2.07. The summed E-state index contributed by atoms with van der Waals surface area (Å²) in [7, 11) is 0. The van der Waals surface area contributed by atoms with Gasteiger partial charge in [0.15, 0.2) is 0 Å². The maximum absolute atomic E-state index is 10.4. The molecule has 0 unspecified atom stereocenters. The fourth-order valence-electron chi connectivity index (χ4n) is 1.47. The lowest BCUT2D eigenvalue weighted by molar-refractivity contribution is -0.104. The van der Waals surface area contributed by atoms with Crippen LogP contribution in [0.15, 0.2) is 42.5 Å². The fraction of sp³-hybridized carbons (Fsp3) is 0.